The predicted molar refractivity (Wildman–Crippen MR) is 141 cm³/mol. The van der Waals surface area contributed by atoms with Crippen LogP contribution in [0.25, 0.3) is 11.1 Å². The highest BCUT2D eigenvalue weighted by molar-refractivity contribution is 6.03. The Morgan fingerprint density at radius 3 is 2.27 bits per heavy atom. The first-order chi connectivity index (χ1) is 19.4. The number of fused-ring (bicyclic) bond motifs is 1. The van der Waals surface area contributed by atoms with Gasteiger partial charge in [0.2, 0.25) is 5.88 Å². The van der Waals surface area contributed by atoms with Crippen molar-refractivity contribution in [3.05, 3.63) is 76.9 Å². The van der Waals surface area contributed by atoms with Gasteiger partial charge in [-0.15, -0.1) is 0 Å². The third kappa shape index (κ3) is 6.27. The number of hydrogen-bond acceptors (Lipinski definition) is 5. The molecule has 6 nitrogen and oxygen atoms in total. The fraction of sp³-hybridized carbons (Fsp3) is 0.379. The van der Waals surface area contributed by atoms with Crippen molar-refractivity contribution in [3.8, 4) is 17.0 Å². The lowest BCUT2D eigenvalue weighted by molar-refractivity contribution is -0.143. The highest BCUT2D eigenvalue weighted by Crippen LogP contribution is 2.38. The van der Waals surface area contributed by atoms with Crippen LogP contribution in [0.4, 0.5) is 32.2 Å². The molecule has 1 unspecified atom stereocenters. The molecule has 0 bridgehead atoms. The van der Waals surface area contributed by atoms with Crippen molar-refractivity contribution in [1.29, 1.82) is 0 Å². The topological polar surface area (TPSA) is 57.7 Å². The molecule has 1 saturated heterocycles. The summed E-state index contributed by atoms with van der Waals surface area (Å²) in [6.07, 6.45) is -8.76. The molecule has 2 aliphatic rings. The Balaban J connectivity index is 1.57. The molecule has 0 spiro atoms. The van der Waals surface area contributed by atoms with Crippen LogP contribution in [0.15, 0.2) is 54.6 Å². The molecule has 0 saturated carbocycles. The van der Waals surface area contributed by atoms with Gasteiger partial charge in [0.1, 0.15) is 11.4 Å². The van der Waals surface area contributed by atoms with Crippen molar-refractivity contribution in [3.63, 3.8) is 0 Å². The van der Waals surface area contributed by atoms with Crippen molar-refractivity contribution < 1.29 is 35.9 Å². The molecular formula is C29H28F6N4O2. The number of aromatic nitrogens is 1. The van der Waals surface area contributed by atoms with Crippen LogP contribution >= 0.6 is 0 Å². The second kappa shape index (κ2) is 11.2. The quantitative estimate of drug-likeness (QED) is 0.376. The first kappa shape index (κ1) is 28.7. The molecule has 12 heteroatoms. The molecule has 2 aliphatic heterocycles. The van der Waals surface area contributed by atoms with E-state index in [1.54, 1.807) is 6.07 Å². The number of halogens is 6. The second-order valence-electron chi connectivity index (χ2n) is 10.1. The predicted octanol–water partition coefficient (Wildman–Crippen LogP) is 6.01. The summed E-state index contributed by atoms with van der Waals surface area (Å²) >= 11 is 0. The number of benzene rings is 2. The number of rotatable bonds is 5. The lowest BCUT2D eigenvalue weighted by Crippen LogP contribution is -2.35. The summed E-state index contributed by atoms with van der Waals surface area (Å²) in [4.78, 5) is 22.0. The molecule has 1 aromatic heterocycles. The molecule has 1 N–H and O–H groups in total. The van der Waals surface area contributed by atoms with Crippen LogP contribution in [-0.4, -0.2) is 55.1 Å². The summed E-state index contributed by atoms with van der Waals surface area (Å²) in [5, 5.41) is 3.25. The van der Waals surface area contributed by atoms with Crippen molar-refractivity contribution in [2.75, 3.05) is 38.2 Å². The van der Waals surface area contributed by atoms with Crippen LogP contribution in [0.3, 0.4) is 0 Å². The lowest BCUT2D eigenvalue weighted by atomic mass is 9.98. The van der Waals surface area contributed by atoms with Gasteiger partial charge in [0.15, 0.2) is 0 Å². The number of ether oxygens (including phenoxy) is 1. The highest BCUT2D eigenvalue weighted by Gasteiger charge is 2.37. The Hall–Kier alpha value is -3.80. The average Bonchev–Trinajstić information content (AvgIpc) is 3.42. The molecule has 3 heterocycles. The van der Waals surface area contributed by atoms with Gasteiger partial charge in [-0.2, -0.15) is 31.3 Å². The number of carbonyl (C=O) groups is 1. The van der Waals surface area contributed by atoms with Crippen molar-refractivity contribution in [1.82, 2.24) is 15.2 Å². The van der Waals surface area contributed by atoms with Crippen molar-refractivity contribution in [2.45, 2.75) is 37.8 Å². The van der Waals surface area contributed by atoms with Gasteiger partial charge in [0.25, 0.3) is 5.91 Å². The van der Waals surface area contributed by atoms with Gasteiger partial charge >= 0.3 is 12.4 Å². The Labute approximate surface area is 232 Å². The number of carbonyl (C=O) groups excluding carboxylic acids is 1. The maximum atomic E-state index is 14.0. The van der Waals surface area contributed by atoms with Crippen molar-refractivity contribution >= 4 is 11.7 Å². The summed E-state index contributed by atoms with van der Waals surface area (Å²) in [5.74, 6) is 0.120. The summed E-state index contributed by atoms with van der Waals surface area (Å²) < 4.78 is 86.8. The highest BCUT2D eigenvalue weighted by atomic mass is 19.4. The van der Waals surface area contributed by atoms with Gasteiger partial charge in [-0.1, -0.05) is 30.3 Å². The van der Waals surface area contributed by atoms with Gasteiger partial charge in [-0.05, 0) is 55.3 Å². The molecule has 3 aromatic rings. The summed E-state index contributed by atoms with van der Waals surface area (Å²) in [6.45, 7) is 1.23. The molecule has 1 amide bonds. The van der Waals surface area contributed by atoms with Crippen LogP contribution in [0.2, 0.25) is 0 Å². The average molecular weight is 579 g/mol. The first-order valence-electron chi connectivity index (χ1n) is 13.2. The number of amides is 1. The normalized spacial score (nSPS) is 18.1. The van der Waals surface area contributed by atoms with E-state index in [4.69, 9.17) is 4.74 Å². The molecule has 1 atom stereocenters. The minimum Gasteiger partial charge on any atom is -0.477 e. The Bertz CT molecular complexity index is 1380. The van der Waals surface area contributed by atoms with Crippen LogP contribution in [-0.2, 0) is 18.9 Å². The lowest BCUT2D eigenvalue weighted by Gasteiger charge is -2.29. The molecule has 0 aliphatic carbocycles. The third-order valence-electron chi connectivity index (χ3n) is 7.31. The largest absolute Gasteiger partial charge is 0.477 e. The Morgan fingerprint density at radius 2 is 1.66 bits per heavy atom. The minimum atomic E-state index is -4.99. The zero-order valence-corrected chi connectivity index (χ0v) is 22.1. The number of pyridine rings is 1. The SMILES string of the molecule is CNC1CCN(c2cc(-c3ccccc3)c3c(n2)OCCCN(Cc2cc(C(F)(F)F)cc(C(F)(F)F)c2)C3=O)C1. The van der Waals surface area contributed by atoms with E-state index in [2.05, 4.69) is 15.2 Å². The first-order valence-corrected chi connectivity index (χ1v) is 13.2. The smallest absolute Gasteiger partial charge is 0.416 e. The van der Waals surface area contributed by atoms with E-state index in [1.807, 2.05) is 37.4 Å². The number of nitrogens with zero attached hydrogens (tertiary/aromatic N) is 3. The zero-order chi connectivity index (χ0) is 29.4. The van der Waals surface area contributed by atoms with Crippen LogP contribution < -0.4 is 15.0 Å². The van der Waals surface area contributed by atoms with E-state index in [-0.39, 0.29) is 42.3 Å². The fourth-order valence-corrected chi connectivity index (χ4v) is 5.20. The third-order valence-corrected chi connectivity index (χ3v) is 7.31. The minimum absolute atomic E-state index is 0.0713. The summed E-state index contributed by atoms with van der Waals surface area (Å²) in [7, 11) is 1.88. The van der Waals surface area contributed by atoms with Crippen LogP contribution in [0, 0.1) is 0 Å². The monoisotopic (exact) mass is 578 g/mol. The fourth-order valence-electron chi connectivity index (χ4n) is 5.20. The van der Waals surface area contributed by atoms with Gasteiger partial charge in [-0.25, -0.2) is 0 Å². The van der Waals surface area contributed by atoms with Gasteiger partial charge in [-0.3, -0.25) is 4.79 Å². The van der Waals surface area contributed by atoms with Crippen molar-refractivity contribution in [2.24, 2.45) is 0 Å². The number of likely N-dealkylation sites (N-methyl/N-ethyl adjacent to an activating group) is 1. The van der Waals surface area contributed by atoms with E-state index < -0.39 is 35.9 Å². The number of nitrogens with one attached hydrogen (secondary N) is 1. The maximum Gasteiger partial charge on any atom is 0.416 e. The molecule has 41 heavy (non-hydrogen) atoms. The molecule has 218 valence electrons. The van der Waals surface area contributed by atoms with E-state index in [0.717, 1.165) is 13.0 Å². The second-order valence-corrected chi connectivity index (χ2v) is 10.1. The van der Waals surface area contributed by atoms with E-state index in [0.29, 0.717) is 42.0 Å². The Kier molecular flexibility index (Phi) is 7.87. The summed E-state index contributed by atoms with van der Waals surface area (Å²) in [5.41, 5.74) is -1.78. The molecule has 5 rings (SSSR count). The van der Waals surface area contributed by atoms with Crippen LogP contribution in [0.5, 0.6) is 5.88 Å². The molecular weight excluding hydrogens is 550 g/mol. The van der Waals surface area contributed by atoms with E-state index in [1.165, 1.54) is 4.90 Å². The summed E-state index contributed by atoms with van der Waals surface area (Å²) in [6, 6.07) is 12.5. The number of anilines is 1. The zero-order valence-electron chi connectivity index (χ0n) is 22.1. The Morgan fingerprint density at radius 1 is 0.976 bits per heavy atom. The molecule has 1 fully saturated rings. The standard InChI is InChI=1S/C29H28F6N4O2/c1-36-22-8-10-38(17-22)24-15-23(19-6-3-2-4-7-19)25-26(37-24)41-11-5-9-39(27(25)40)16-18-12-20(28(30,31)32)14-21(13-18)29(33,34)35/h2-4,6-7,12-15,22,36H,5,8-11,16-17H2,1H3. The number of hydrogen-bond donors (Lipinski definition) is 1. The maximum absolute atomic E-state index is 14.0. The van der Waals surface area contributed by atoms with Gasteiger partial charge in [0, 0.05) is 37.8 Å². The van der Waals surface area contributed by atoms with Gasteiger partial charge in [0.05, 0.1) is 17.7 Å². The molecule has 2 aromatic carbocycles. The van der Waals surface area contributed by atoms with E-state index >= 15 is 0 Å². The van der Waals surface area contributed by atoms with E-state index in [9.17, 15) is 31.1 Å². The van der Waals surface area contributed by atoms with Gasteiger partial charge < -0.3 is 19.9 Å². The number of alkyl halides is 6. The molecule has 0 radical (unpaired) electrons. The van der Waals surface area contributed by atoms with Crippen LogP contribution in [0.1, 0.15) is 39.9 Å².